The molecule has 0 aromatic heterocycles. The highest BCUT2D eigenvalue weighted by Gasteiger charge is 2.44. The van der Waals surface area contributed by atoms with Crippen molar-refractivity contribution in [1.29, 1.82) is 0 Å². The summed E-state index contributed by atoms with van der Waals surface area (Å²) in [7, 11) is 1.24. The number of phenolic OH excluding ortho intramolecular Hbond substituents is 1. The molecule has 2 unspecified atom stereocenters. The Morgan fingerprint density at radius 1 is 1.25 bits per heavy atom. The Bertz CT molecular complexity index is 805. The van der Waals surface area contributed by atoms with Crippen LogP contribution in [0.15, 0.2) is 46.9 Å². The number of halogens is 1. The van der Waals surface area contributed by atoms with E-state index in [9.17, 15) is 14.7 Å². The molecule has 1 fully saturated rings. The first-order chi connectivity index (χ1) is 11.5. The smallest absolute Gasteiger partial charge is 0.341 e. The van der Waals surface area contributed by atoms with E-state index >= 15 is 0 Å². The number of amides is 1. The number of anilines is 1. The van der Waals surface area contributed by atoms with Gasteiger partial charge in [-0.3, -0.25) is 4.79 Å². The number of methoxy groups -OCH3 is 1. The zero-order chi connectivity index (χ0) is 17.3. The third kappa shape index (κ3) is 3.28. The van der Waals surface area contributed by atoms with Gasteiger partial charge in [-0.25, -0.2) is 4.79 Å². The van der Waals surface area contributed by atoms with E-state index in [1.54, 1.807) is 12.1 Å². The van der Waals surface area contributed by atoms with E-state index in [0.717, 1.165) is 16.5 Å². The van der Waals surface area contributed by atoms with Gasteiger partial charge in [0.05, 0.1) is 12.8 Å². The molecule has 1 aliphatic rings. The number of esters is 1. The average molecular weight is 390 g/mol. The Morgan fingerprint density at radius 2 is 2.00 bits per heavy atom. The summed E-state index contributed by atoms with van der Waals surface area (Å²) in [6, 6.07) is 12.5. The van der Waals surface area contributed by atoms with Crippen LogP contribution in [0.4, 0.5) is 5.69 Å². The van der Waals surface area contributed by atoms with Gasteiger partial charge >= 0.3 is 5.97 Å². The van der Waals surface area contributed by atoms with Crippen molar-refractivity contribution in [3.8, 4) is 5.75 Å². The SMILES string of the molecule is COC(=O)c1cccc(NC(=O)C2CC2c2cccc(Br)c2)c1O. The van der Waals surface area contributed by atoms with E-state index in [-0.39, 0.29) is 34.7 Å². The van der Waals surface area contributed by atoms with E-state index in [2.05, 4.69) is 26.0 Å². The van der Waals surface area contributed by atoms with Crippen LogP contribution in [-0.2, 0) is 9.53 Å². The van der Waals surface area contributed by atoms with Gasteiger partial charge in [0.15, 0.2) is 5.75 Å². The number of rotatable bonds is 4. The summed E-state index contributed by atoms with van der Waals surface area (Å²) >= 11 is 3.43. The quantitative estimate of drug-likeness (QED) is 0.617. The fraction of sp³-hybridized carbons (Fsp3) is 0.222. The second-order valence-electron chi connectivity index (χ2n) is 5.69. The maximum atomic E-state index is 12.4. The highest BCUT2D eigenvalue weighted by Crippen LogP contribution is 2.48. The van der Waals surface area contributed by atoms with Gasteiger partial charge in [-0.05, 0) is 42.2 Å². The summed E-state index contributed by atoms with van der Waals surface area (Å²) < 4.78 is 5.59. The van der Waals surface area contributed by atoms with Gasteiger partial charge < -0.3 is 15.2 Å². The highest BCUT2D eigenvalue weighted by atomic mass is 79.9. The van der Waals surface area contributed by atoms with Gasteiger partial charge in [0.1, 0.15) is 5.56 Å². The lowest BCUT2D eigenvalue weighted by Gasteiger charge is -2.10. The molecule has 124 valence electrons. The molecule has 2 aromatic carbocycles. The predicted molar refractivity (Wildman–Crippen MR) is 93.1 cm³/mol. The minimum Gasteiger partial charge on any atom is -0.505 e. The van der Waals surface area contributed by atoms with Crippen molar-refractivity contribution < 1.29 is 19.4 Å². The van der Waals surface area contributed by atoms with Gasteiger partial charge in [-0.2, -0.15) is 0 Å². The van der Waals surface area contributed by atoms with Crippen LogP contribution in [0, 0.1) is 5.92 Å². The van der Waals surface area contributed by atoms with Crippen LogP contribution in [0.1, 0.15) is 28.3 Å². The van der Waals surface area contributed by atoms with Crippen molar-refractivity contribution in [1.82, 2.24) is 0 Å². The maximum Gasteiger partial charge on any atom is 0.341 e. The number of aromatic hydroxyl groups is 1. The van der Waals surface area contributed by atoms with Crippen LogP contribution < -0.4 is 5.32 Å². The first-order valence-electron chi connectivity index (χ1n) is 7.48. The molecule has 1 amide bonds. The van der Waals surface area contributed by atoms with Crippen LogP contribution in [0.5, 0.6) is 5.75 Å². The highest BCUT2D eigenvalue weighted by molar-refractivity contribution is 9.10. The van der Waals surface area contributed by atoms with E-state index in [4.69, 9.17) is 0 Å². The molecule has 0 saturated heterocycles. The number of phenols is 1. The number of hydrogen-bond donors (Lipinski definition) is 2. The van der Waals surface area contributed by atoms with Crippen molar-refractivity contribution in [2.45, 2.75) is 12.3 Å². The van der Waals surface area contributed by atoms with Crippen LogP contribution >= 0.6 is 15.9 Å². The summed E-state index contributed by atoms with van der Waals surface area (Å²) in [5, 5.41) is 12.8. The van der Waals surface area contributed by atoms with E-state index < -0.39 is 5.97 Å². The summed E-state index contributed by atoms with van der Waals surface area (Å²) in [6.07, 6.45) is 0.764. The summed E-state index contributed by atoms with van der Waals surface area (Å²) in [5.74, 6) is -1.06. The Hall–Kier alpha value is -2.34. The van der Waals surface area contributed by atoms with Crippen LogP contribution in [0.2, 0.25) is 0 Å². The van der Waals surface area contributed by atoms with Crippen LogP contribution in [0.25, 0.3) is 0 Å². The van der Waals surface area contributed by atoms with E-state index in [0.29, 0.717) is 0 Å². The van der Waals surface area contributed by atoms with Gasteiger partial charge in [0.2, 0.25) is 5.91 Å². The lowest BCUT2D eigenvalue weighted by molar-refractivity contribution is -0.117. The molecule has 0 spiro atoms. The van der Waals surface area contributed by atoms with Gasteiger partial charge in [-0.15, -0.1) is 0 Å². The lowest BCUT2D eigenvalue weighted by Crippen LogP contribution is -2.15. The number of carbonyl (C=O) groups excluding carboxylic acids is 2. The zero-order valence-corrected chi connectivity index (χ0v) is 14.5. The van der Waals surface area contributed by atoms with Crippen molar-refractivity contribution >= 4 is 33.5 Å². The lowest BCUT2D eigenvalue weighted by atomic mass is 10.1. The number of para-hydroxylation sites is 1. The van der Waals surface area contributed by atoms with Crippen molar-refractivity contribution in [3.05, 3.63) is 58.1 Å². The number of hydrogen-bond acceptors (Lipinski definition) is 4. The van der Waals surface area contributed by atoms with Crippen molar-refractivity contribution in [2.75, 3.05) is 12.4 Å². The van der Waals surface area contributed by atoms with Crippen molar-refractivity contribution in [2.24, 2.45) is 5.92 Å². The fourth-order valence-corrected chi connectivity index (χ4v) is 3.15. The summed E-state index contributed by atoms with van der Waals surface area (Å²) in [6.45, 7) is 0. The Morgan fingerprint density at radius 3 is 2.71 bits per heavy atom. The summed E-state index contributed by atoms with van der Waals surface area (Å²) in [4.78, 5) is 24.0. The molecule has 0 bridgehead atoms. The molecule has 0 heterocycles. The molecule has 2 aromatic rings. The molecule has 2 atom stereocenters. The fourth-order valence-electron chi connectivity index (χ4n) is 2.73. The van der Waals surface area contributed by atoms with Gasteiger partial charge in [-0.1, -0.05) is 34.1 Å². The Kier molecular flexibility index (Phi) is 4.57. The number of nitrogens with one attached hydrogen (secondary N) is 1. The Labute approximate surface area is 147 Å². The molecule has 1 saturated carbocycles. The van der Waals surface area contributed by atoms with Crippen LogP contribution in [-0.4, -0.2) is 24.1 Å². The third-order valence-electron chi connectivity index (χ3n) is 4.10. The van der Waals surface area contributed by atoms with E-state index in [1.165, 1.54) is 13.2 Å². The monoisotopic (exact) mass is 389 g/mol. The molecule has 6 heteroatoms. The molecule has 2 N–H and O–H groups in total. The first kappa shape index (κ1) is 16.5. The number of benzene rings is 2. The minimum atomic E-state index is -0.651. The first-order valence-corrected chi connectivity index (χ1v) is 8.27. The largest absolute Gasteiger partial charge is 0.505 e. The molecular formula is C18H16BrNO4. The van der Waals surface area contributed by atoms with Crippen molar-refractivity contribution in [3.63, 3.8) is 0 Å². The Balaban J connectivity index is 1.72. The average Bonchev–Trinajstić information content (AvgIpc) is 3.37. The standard InChI is InChI=1S/C18H16BrNO4/c1-24-18(23)12-6-3-7-15(16(12)21)20-17(22)14-9-13(14)10-4-2-5-11(19)8-10/h2-8,13-14,21H,9H2,1H3,(H,20,22). The molecule has 3 rings (SSSR count). The van der Waals surface area contributed by atoms with Crippen LogP contribution in [0.3, 0.4) is 0 Å². The molecule has 24 heavy (non-hydrogen) atoms. The second kappa shape index (κ2) is 6.65. The molecule has 0 radical (unpaired) electrons. The number of carbonyl (C=O) groups is 2. The normalized spacial score (nSPS) is 18.8. The zero-order valence-electron chi connectivity index (χ0n) is 13.0. The molecular weight excluding hydrogens is 374 g/mol. The van der Waals surface area contributed by atoms with Gasteiger partial charge in [0, 0.05) is 10.4 Å². The second-order valence-corrected chi connectivity index (χ2v) is 6.60. The minimum absolute atomic E-state index is 0.0228. The van der Waals surface area contributed by atoms with Gasteiger partial charge in [0.25, 0.3) is 0 Å². The maximum absolute atomic E-state index is 12.4. The molecule has 1 aliphatic carbocycles. The predicted octanol–water partition coefficient (Wildman–Crippen LogP) is 3.68. The summed E-state index contributed by atoms with van der Waals surface area (Å²) in [5.41, 5.74) is 1.34. The number of ether oxygens (including phenoxy) is 1. The molecule has 5 nitrogen and oxygen atoms in total. The molecule has 0 aliphatic heterocycles. The topological polar surface area (TPSA) is 75.6 Å². The van der Waals surface area contributed by atoms with E-state index in [1.807, 2.05) is 24.3 Å². The third-order valence-corrected chi connectivity index (χ3v) is 4.60.